The number of piperazine rings is 1. The average Bonchev–Trinajstić information content (AvgIpc) is 3.57. The van der Waals surface area contributed by atoms with Crippen molar-refractivity contribution in [1.82, 2.24) is 19.4 Å². The van der Waals surface area contributed by atoms with Crippen LogP contribution in [0.4, 0.5) is 13.2 Å². The highest BCUT2D eigenvalue weighted by atomic mass is 19.4. The number of fused-ring (bicyclic) bond motifs is 1. The predicted molar refractivity (Wildman–Crippen MR) is 114 cm³/mol. The van der Waals surface area contributed by atoms with Gasteiger partial charge in [-0.15, -0.1) is 0 Å². The summed E-state index contributed by atoms with van der Waals surface area (Å²) in [4.78, 5) is 33.3. The fraction of sp³-hybridized carbons (Fsp3) is 0.609. The van der Waals surface area contributed by atoms with Crippen LogP contribution in [0.15, 0.2) is 12.1 Å². The molecule has 3 fully saturated rings. The Morgan fingerprint density at radius 1 is 1.09 bits per heavy atom. The van der Waals surface area contributed by atoms with Gasteiger partial charge in [-0.25, -0.2) is 4.98 Å². The van der Waals surface area contributed by atoms with Gasteiger partial charge in [0, 0.05) is 26.2 Å². The Morgan fingerprint density at radius 3 is 2.39 bits per heavy atom. The van der Waals surface area contributed by atoms with Crippen LogP contribution in [-0.4, -0.2) is 68.1 Å². The van der Waals surface area contributed by atoms with Gasteiger partial charge in [0.15, 0.2) is 5.82 Å². The quantitative estimate of drug-likeness (QED) is 0.758. The van der Waals surface area contributed by atoms with Gasteiger partial charge >= 0.3 is 6.18 Å². The van der Waals surface area contributed by atoms with E-state index in [1.807, 2.05) is 0 Å². The molecule has 10 heteroatoms. The standard InChI is InChI=1S/C23H27F3N4O3/c1-28-18-11-14(13-2-3-13)10-17(23(24,25)26)20(18)27-21(28)22(33)29-8-9-30(19(32)12-29)15-4-6-16(31)7-5-15/h10-11,13,15-16,31H,2-9,12H2,1H3/t15-,16-. The summed E-state index contributed by atoms with van der Waals surface area (Å²) in [5.74, 6) is -0.690. The first-order valence-corrected chi connectivity index (χ1v) is 11.5. The van der Waals surface area contributed by atoms with Crippen molar-refractivity contribution in [2.45, 2.75) is 62.8 Å². The zero-order valence-electron chi connectivity index (χ0n) is 18.4. The molecular weight excluding hydrogens is 437 g/mol. The highest BCUT2D eigenvalue weighted by Gasteiger charge is 2.39. The van der Waals surface area contributed by atoms with E-state index in [9.17, 15) is 27.9 Å². The van der Waals surface area contributed by atoms with E-state index in [4.69, 9.17) is 0 Å². The first-order chi connectivity index (χ1) is 15.6. The van der Waals surface area contributed by atoms with Crippen molar-refractivity contribution in [3.8, 4) is 0 Å². The molecule has 5 rings (SSSR count). The number of amides is 2. The zero-order chi connectivity index (χ0) is 23.5. The molecule has 1 N–H and O–H groups in total. The first-order valence-electron chi connectivity index (χ1n) is 11.5. The summed E-state index contributed by atoms with van der Waals surface area (Å²) in [6.07, 6.45) is -0.406. The Labute approximate surface area is 189 Å². The van der Waals surface area contributed by atoms with Gasteiger partial charge < -0.3 is 19.5 Å². The second-order valence-corrected chi connectivity index (χ2v) is 9.48. The van der Waals surface area contributed by atoms with Crippen LogP contribution >= 0.6 is 0 Å². The van der Waals surface area contributed by atoms with Gasteiger partial charge in [-0.2, -0.15) is 13.2 Å². The Bertz CT molecular complexity index is 1100. The molecule has 2 saturated carbocycles. The topological polar surface area (TPSA) is 78.7 Å². The fourth-order valence-electron chi connectivity index (χ4n) is 5.13. The van der Waals surface area contributed by atoms with Gasteiger partial charge in [0.2, 0.25) is 5.91 Å². The minimum Gasteiger partial charge on any atom is -0.393 e. The molecule has 1 aliphatic heterocycles. The van der Waals surface area contributed by atoms with Crippen LogP contribution in [0.1, 0.15) is 66.2 Å². The van der Waals surface area contributed by atoms with Gasteiger partial charge in [0.25, 0.3) is 5.91 Å². The molecule has 1 aromatic carbocycles. The molecule has 0 atom stereocenters. The SMILES string of the molecule is Cn1c(C(=O)N2CCN([C@H]3CC[C@H](O)CC3)C(=O)C2)nc2c(C(F)(F)F)cc(C3CC3)cc21. The van der Waals surface area contributed by atoms with E-state index in [1.54, 1.807) is 18.0 Å². The fourth-order valence-corrected chi connectivity index (χ4v) is 5.13. The number of carbonyl (C=O) groups excluding carboxylic acids is 2. The molecule has 33 heavy (non-hydrogen) atoms. The molecule has 7 nitrogen and oxygen atoms in total. The minimum atomic E-state index is -4.58. The van der Waals surface area contributed by atoms with Crippen molar-refractivity contribution >= 4 is 22.8 Å². The molecule has 0 radical (unpaired) electrons. The smallest absolute Gasteiger partial charge is 0.393 e. The van der Waals surface area contributed by atoms with Crippen LogP contribution in [0.3, 0.4) is 0 Å². The van der Waals surface area contributed by atoms with Crippen molar-refractivity contribution in [3.05, 3.63) is 29.1 Å². The van der Waals surface area contributed by atoms with Gasteiger partial charge in [0.1, 0.15) is 12.1 Å². The maximum Gasteiger partial charge on any atom is 0.418 e. The number of hydrogen-bond acceptors (Lipinski definition) is 4. The summed E-state index contributed by atoms with van der Waals surface area (Å²) < 4.78 is 42.7. The van der Waals surface area contributed by atoms with Crippen LogP contribution in [0, 0.1) is 0 Å². The number of aromatic nitrogens is 2. The lowest BCUT2D eigenvalue weighted by molar-refractivity contribution is -0.139. The summed E-state index contributed by atoms with van der Waals surface area (Å²) in [5, 5.41) is 9.70. The number of aliphatic hydroxyl groups is 1. The lowest BCUT2D eigenvalue weighted by Gasteiger charge is -2.41. The van der Waals surface area contributed by atoms with Gasteiger partial charge in [0.05, 0.1) is 17.2 Å². The third-order valence-corrected chi connectivity index (χ3v) is 7.21. The second-order valence-electron chi connectivity index (χ2n) is 9.48. The first kappa shape index (κ1) is 22.2. The maximum absolute atomic E-state index is 13.8. The number of rotatable bonds is 3. The molecule has 1 saturated heterocycles. The summed E-state index contributed by atoms with van der Waals surface area (Å²) in [5.41, 5.74) is -0.153. The third kappa shape index (κ3) is 4.09. The monoisotopic (exact) mass is 464 g/mol. The Balaban J connectivity index is 1.40. The molecule has 2 heterocycles. The molecule has 2 amide bonds. The van der Waals surface area contributed by atoms with Crippen LogP contribution in [-0.2, 0) is 18.0 Å². The van der Waals surface area contributed by atoms with E-state index < -0.39 is 17.6 Å². The predicted octanol–water partition coefficient (Wildman–Crippen LogP) is 3.06. The van der Waals surface area contributed by atoms with E-state index >= 15 is 0 Å². The molecule has 1 aromatic heterocycles. The molecule has 2 aliphatic carbocycles. The van der Waals surface area contributed by atoms with Crippen LogP contribution in [0.2, 0.25) is 0 Å². The van der Waals surface area contributed by atoms with Gasteiger partial charge in [-0.1, -0.05) is 0 Å². The van der Waals surface area contributed by atoms with E-state index in [0.29, 0.717) is 31.5 Å². The van der Waals surface area contributed by atoms with E-state index in [2.05, 4.69) is 4.98 Å². The number of aryl methyl sites for hydroxylation is 1. The van der Waals surface area contributed by atoms with E-state index in [-0.39, 0.29) is 47.4 Å². The Morgan fingerprint density at radius 2 is 1.79 bits per heavy atom. The second kappa shape index (κ2) is 8.00. The van der Waals surface area contributed by atoms with E-state index in [0.717, 1.165) is 31.7 Å². The number of alkyl halides is 3. The number of imidazole rings is 1. The molecule has 0 unspecified atom stereocenters. The number of aliphatic hydroxyl groups excluding tert-OH is 1. The number of nitrogens with zero attached hydrogens (tertiary/aromatic N) is 4. The highest BCUT2D eigenvalue weighted by Crippen LogP contribution is 2.44. The van der Waals surface area contributed by atoms with Crippen LogP contribution in [0.5, 0.6) is 0 Å². The van der Waals surface area contributed by atoms with Crippen molar-refractivity contribution in [3.63, 3.8) is 0 Å². The van der Waals surface area contributed by atoms with Crippen LogP contribution in [0.25, 0.3) is 11.0 Å². The van der Waals surface area contributed by atoms with Gasteiger partial charge in [-0.05, 0) is 62.1 Å². The Kier molecular flexibility index (Phi) is 5.38. The normalized spacial score (nSPS) is 24.6. The Hall–Kier alpha value is -2.62. The molecule has 0 spiro atoms. The van der Waals surface area contributed by atoms with Crippen molar-refractivity contribution in [2.24, 2.45) is 7.05 Å². The number of benzene rings is 1. The lowest BCUT2D eigenvalue weighted by atomic mass is 9.91. The molecule has 178 valence electrons. The average molecular weight is 464 g/mol. The zero-order valence-corrected chi connectivity index (χ0v) is 18.4. The minimum absolute atomic E-state index is 0.0593. The maximum atomic E-state index is 13.8. The summed E-state index contributed by atoms with van der Waals surface area (Å²) in [6, 6.07) is 2.92. The summed E-state index contributed by atoms with van der Waals surface area (Å²) in [7, 11) is 1.55. The molecule has 0 bridgehead atoms. The van der Waals surface area contributed by atoms with Crippen molar-refractivity contribution < 1.29 is 27.9 Å². The highest BCUT2D eigenvalue weighted by molar-refractivity contribution is 5.98. The number of hydrogen-bond donors (Lipinski definition) is 1. The van der Waals surface area contributed by atoms with Crippen LogP contribution < -0.4 is 0 Å². The van der Waals surface area contributed by atoms with Crippen molar-refractivity contribution in [1.29, 1.82) is 0 Å². The third-order valence-electron chi connectivity index (χ3n) is 7.21. The number of carbonyl (C=O) groups is 2. The molecular formula is C23H27F3N4O3. The van der Waals surface area contributed by atoms with Gasteiger partial charge in [-0.3, -0.25) is 9.59 Å². The van der Waals surface area contributed by atoms with Crippen molar-refractivity contribution in [2.75, 3.05) is 19.6 Å². The summed E-state index contributed by atoms with van der Waals surface area (Å²) in [6.45, 7) is 0.543. The molecule has 3 aliphatic rings. The van der Waals surface area contributed by atoms with E-state index in [1.165, 1.54) is 9.47 Å². The number of halogens is 3. The summed E-state index contributed by atoms with van der Waals surface area (Å²) >= 11 is 0. The lowest BCUT2D eigenvalue weighted by Crippen LogP contribution is -2.56. The molecule has 2 aromatic rings. The largest absolute Gasteiger partial charge is 0.418 e.